The molecule has 2 rings (SSSR count). The van der Waals surface area contributed by atoms with Crippen LogP contribution in [0.2, 0.25) is 0 Å². The number of methoxy groups -OCH3 is 1. The predicted molar refractivity (Wildman–Crippen MR) is 66.3 cm³/mol. The Bertz CT molecular complexity index is 430. The van der Waals surface area contributed by atoms with Gasteiger partial charge in [0.15, 0.2) is 0 Å². The van der Waals surface area contributed by atoms with Crippen LogP contribution in [0.1, 0.15) is 16.8 Å². The second kappa shape index (κ2) is 5.23. The first kappa shape index (κ1) is 12.0. The summed E-state index contributed by atoms with van der Waals surface area (Å²) in [5, 5.41) is 2.78. The number of nitrogens with one attached hydrogen (secondary N) is 1. The molecule has 1 fully saturated rings. The fourth-order valence-corrected chi connectivity index (χ4v) is 2.54. The van der Waals surface area contributed by atoms with Crippen LogP contribution in [0.4, 0.5) is 0 Å². The molecule has 1 atom stereocenters. The van der Waals surface area contributed by atoms with Crippen molar-refractivity contribution in [3.8, 4) is 5.75 Å². The normalized spacial score (nSPS) is 19.1. The van der Waals surface area contributed by atoms with E-state index in [2.05, 4.69) is 5.32 Å². The maximum absolute atomic E-state index is 11.8. The van der Waals surface area contributed by atoms with Crippen LogP contribution in [-0.2, 0) is 4.79 Å². The summed E-state index contributed by atoms with van der Waals surface area (Å²) in [5.74, 6) is 1.27. The number of rotatable bonds is 3. The Kier molecular flexibility index (Phi) is 3.68. The molecule has 0 aliphatic carbocycles. The van der Waals surface area contributed by atoms with E-state index in [1.807, 2.05) is 0 Å². The van der Waals surface area contributed by atoms with Crippen LogP contribution in [0.25, 0.3) is 0 Å². The fourth-order valence-electron chi connectivity index (χ4n) is 1.61. The summed E-state index contributed by atoms with van der Waals surface area (Å²) in [6.45, 7) is 0. The summed E-state index contributed by atoms with van der Waals surface area (Å²) in [6.07, 6.45) is 0.714. The third kappa shape index (κ3) is 2.79. The minimum Gasteiger partial charge on any atom is -0.497 e. The maximum Gasteiger partial charge on any atom is 0.251 e. The summed E-state index contributed by atoms with van der Waals surface area (Å²) in [6, 6.07) is 6.47. The van der Waals surface area contributed by atoms with Crippen molar-refractivity contribution in [1.82, 2.24) is 5.32 Å². The quantitative estimate of drug-likeness (QED) is 0.883. The van der Waals surface area contributed by atoms with Crippen molar-refractivity contribution in [2.45, 2.75) is 12.5 Å². The Morgan fingerprint density at radius 1 is 1.41 bits per heavy atom. The largest absolute Gasteiger partial charge is 0.497 e. The molecule has 0 unspecified atom stereocenters. The van der Waals surface area contributed by atoms with Crippen molar-refractivity contribution >= 4 is 22.8 Å². The van der Waals surface area contributed by atoms with Gasteiger partial charge in [0.25, 0.3) is 5.91 Å². The highest BCUT2D eigenvalue weighted by Gasteiger charge is 2.26. The molecule has 90 valence electrons. The lowest BCUT2D eigenvalue weighted by molar-refractivity contribution is -0.112. The van der Waals surface area contributed by atoms with Crippen LogP contribution in [0.15, 0.2) is 24.3 Å². The summed E-state index contributed by atoms with van der Waals surface area (Å²) < 4.78 is 5.01. The van der Waals surface area contributed by atoms with Gasteiger partial charge in [0.05, 0.1) is 13.2 Å². The van der Waals surface area contributed by atoms with Crippen LogP contribution in [0, 0.1) is 0 Å². The van der Waals surface area contributed by atoms with Crippen molar-refractivity contribution in [2.24, 2.45) is 0 Å². The molecule has 1 aromatic rings. The molecule has 0 bridgehead atoms. The predicted octanol–water partition coefficient (Wildman–Crippen LogP) is 1.46. The summed E-state index contributed by atoms with van der Waals surface area (Å²) >= 11 is 1.27. The molecule has 4 nitrogen and oxygen atoms in total. The first-order valence-corrected chi connectivity index (χ1v) is 6.31. The van der Waals surface area contributed by atoms with Crippen LogP contribution in [-0.4, -0.2) is 29.9 Å². The zero-order chi connectivity index (χ0) is 12.3. The van der Waals surface area contributed by atoms with Gasteiger partial charge in [-0.25, -0.2) is 0 Å². The first-order chi connectivity index (χ1) is 8.20. The second-order valence-corrected chi connectivity index (χ2v) is 4.81. The van der Waals surface area contributed by atoms with Gasteiger partial charge in [-0.15, -0.1) is 0 Å². The number of hydrogen-bond donors (Lipinski definition) is 1. The number of thioether (sulfide) groups is 1. The highest BCUT2D eigenvalue weighted by molar-refractivity contribution is 8.14. The Morgan fingerprint density at radius 3 is 2.65 bits per heavy atom. The number of carbonyl (C=O) groups is 2. The van der Waals surface area contributed by atoms with Crippen molar-refractivity contribution in [2.75, 3.05) is 12.9 Å². The standard InChI is InChI=1S/C12H13NO3S/c1-16-9-4-2-8(3-5-9)11(14)13-10-6-7-17-12(10)15/h2-5,10H,6-7H2,1H3,(H,13,14)/t10-/m1/s1. The van der Waals surface area contributed by atoms with Gasteiger partial charge in [-0.2, -0.15) is 0 Å². The van der Waals surface area contributed by atoms with E-state index < -0.39 is 0 Å². The lowest BCUT2D eigenvalue weighted by Gasteiger charge is -2.10. The van der Waals surface area contributed by atoms with Gasteiger partial charge in [0.2, 0.25) is 5.12 Å². The van der Waals surface area contributed by atoms with Crippen LogP contribution >= 0.6 is 11.8 Å². The Labute approximate surface area is 104 Å². The number of hydrogen-bond acceptors (Lipinski definition) is 4. The Hall–Kier alpha value is -1.49. The highest BCUT2D eigenvalue weighted by atomic mass is 32.2. The van der Waals surface area contributed by atoms with Gasteiger partial charge in [0.1, 0.15) is 5.75 Å². The van der Waals surface area contributed by atoms with Gasteiger partial charge < -0.3 is 10.1 Å². The molecule has 1 aliphatic rings. The van der Waals surface area contributed by atoms with Gasteiger partial charge in [-0.1, -0.05) is 11.8 Å². The molecule has 1 aliphatic heterocycles. The van der Waals surface area contributed by atoms with Crippen molar-refractivity contribution in [3.63, 3.8) is 0 Å². The van der Waals surface area contributed by atoms with Crippen LogP contribution < -0.4 is 10.1 Å². The lowest BCUT2D eigenvalue weighted by Crippen LogP contribution is -2.37. The van der Waals surface area contributed by atoms with E-state index in [-0.39, 0.29) is 17.1 Å². The molecule has 1 N–H and O–H groups in total. The zero-order valence-electron chi connectivity index (χ0n) is 9.43. The molecule has 0 radical (unpaired) electrons. The second-order valence-electron chi connectivity index (χ2n) is 3.71. The molecule has 5 heteroatoms. The Morgan fingerprint density at radius 2 is 2.12 bits per heavy atom. The number of benzene rings is 1. The molecule has 0 aromatic heterocycles. The van der Waals surface area contributed by atoms with Crippen molar-refractivity contribution < 1.29 is 14.3 Å². The van der Waals surface area contributed by atoms with E-state index in [0.29, 0.717) is 17.7 Å². The van der Waals surface area contributed by atoms with E-state index in [1.165, 1.54) is 11.8 Å². The van der Waals surface area contributed by atoms with Crippen LogP contribution in [0.3, 0.4) is 0 Å². The highest BCUT2D eigenvalue weighted by Crippen LogP contribution is 2.20. The number of ether oxygens (including phenoxy) is 1. The average molecular weight is 251 g/mol. The SMILES string of the molecule is COc1ccc(C(=O)N[C@@H]2CCSC2=O)cc1. The molecule has 1 amide bonds. The van der Waals surface area contributed by atoms with Crippen LogP contribution in [0.5, 0.6) is 5.75 Å². The van der Waals surface area contributed by atoms with Crippen molar-refractivity contribution in [3.05, 3.63) is 29.8 Å². The molecular formula is C12H13NO3S. The molecule has 17 heavy (non-hydrogen) atoms. The van der Waals surface area contributed by atoms with E-state index >= 15 is 0 Å². The fraction of sp³-hybridized carbons (Fsp3) is 0.333. The molecular weight excluding hydrogens is 238 g/mol. The zero-order valence-corrected chi connectivity index (χ0v) is 10.3. The summed E-state index contributed by atoms with van der Waals surface area (Å²) in [7, 11) is 1.57. The van der Waals surface area contributed by atoms with Gasteiger partial charge in [-0.3, -0.25) is 9.59 Å². The number of carbonyl (C=O) groups excluding carboxylic acids is 2. The number of amides is 1. The van der Waals surface area contributed by atoms with Gasteiger partial charge in [0, 0.05) is 11.3 Å². The maximum atomic E-state index is 11.8. The summed E-state index contributed by atoms with van der Waals surface area (Å²) in [5.41, 5.74) is 0.538. The topological polar surface area (TPSA) is 55.4 Å². The van der Waals surface area contributed by atoms with Gasteiger partial charge in [-0.05, 0) is 30.7 Å². The molecule has 0 saturated carbocycles. The minimum absolute atomic E-state index is 0.0480. The van der Waals surface area contributed by atoms with E-state index in [1.54, 1.807) is 31.4 Å². The summed E-state index contributed by atoms with van der Waals surface area (Å²) in [4.78, 5) is 23.2. The van der Waals surface area contributed by atoms with Crippen molar-refractivity contribution in [1.29, 1.82) is 0 Å². The van der Waals surface area contributed by atoms with Gasteiger partial charge >= 0.3 is 0 Å². The lowest BCUT2D eigenvalue weighted by atomic mass is 10.2. The molecule has 1 heterocycles. The van der Waals surface area contributed by atoms with E-state index in [9.17, 15) is 9.59 Å². The van der Waals surface area contributed by atoms with E-state index in [4.69, 9.17) is 4.74 Å². The smallest absolute Gasteiger partial charge is 0.251 e. The molecule has 1 saturated heterocycles. The molecule has 0 spiro atoms. The minimum atomic E-state index is -0.338. The monoisotopic (exact) mass is 251 g/mol. The van der Waals surface area contributed by atoms with E-state index in [0.717, 1.165) is 5.75 Å². The average Bonchev–Trinajstić information content (AvgIpc) is 2.75. The Balaban J connectivity index is 2.01. The first-order valence-electron chi connectivity index (χ1n) is 5.32. The third-order valence-electron chi connectivity index (χ3n) is 2.59. The third-order valence-corrected chi connectivity index (χ3v) is 3.60. The molecule has 1 aromatic carbocycles.